The van der Waals surface area contributed by atoms with Gasteiger partial charge in [-0.1, -0.05) is 27.5 Å². The molecule has 0 aliphatic rings. The van der Waals surface area contributed by atoms with E-state index in [1.807, 2.05) is 13.8 Å². The summed E-state index contributed by atoms with van der Waals surface area (Å²) in [5.41, 5.74) is 0.0719. The van der Waals surface area contributed by atoms with E-state index in [4.69, 9.17) is 11.6 Å². The van der Waals surface area contributed by atoms with Crippen LogP contribution in [0.3, 0.4) is 0 Å². The quantitative estimate of drug-likeness (QED) is 0.741. The molecule has 5 heteroatoms. The van der Waals surface area contributed by atoms with Gasteiger partial charge >= 0.3 is 0 Å². The lowest BCUT2D eigenvalue weighted by atomic mass is 10.1. The summed E-state index contributed by atoms with van der Waals surface area (Å²) in [6.07, 6.45) is 0.832. The van der Waals surface area contributed by atoms with Crippen molar-refractivity contribution >= 4 is 33.4 Å². The van der Waals surface area contributed by atoms with Gasteiger partial charge in [0.05, 0.1) is 5.56 Å². The molecule has 0 fully saturated rings. The average molecular weight is 337 g/mol. The zero-order valence-corrected chi connectivity index (χ0v) is 12.8. The molecule has 18 heavy (non-hydrogen) atoms. The van der Waals surface area contributed by atoms with Crippen molar-refractivity contribution in [1.82, 2.24) is 4.90 Å². The Morgan fingerprint density at radius 1 is 1.50 bits per heavy atom. The Morgan fingerprint density at radius 2 is 2.17 bits per heavy atom. The standard InChI is InChI=1S/C13H16BrClFNO/c1-9(2)17(7-3-6-14)13(18)11-5-4-10(15)8-12(11)16/h4-5,8-9H,3,6-7H2,1-2H3. The largest absolute Gasteiger partial charge is 0.336 e. The Morgan fingerprint density at radius 3 is 2.67 bits per heavy atom. The average Bonchev–Trinajstić information content (AvgIpc) is 2.28. The first-order valence-corrected chi connectivity index (χ1v) is 7.29. The summed E-state index contributed by atoms with van der Waals surface area (Å²) in [5, 5.41) is 1.10. The number of rotatable bonds is 5. The molecular weight excluding hydrogens is 321 g/mol. The second kappa shape index (κ2) is 7.10. The Labute approximate surface area is 120 Å². The zero-order valence-electron chi connectivity index (χ0n) is 10.4. The van der Waals surface area contributed by atoms with Crippen molar-refractivity contribution in [2.24, 2.45) is 0 Å². The SMILES string of the molecule is CC(C)N(CCCBr)C(=O)c1ccc(Cl)cc1F. The van der Waals surface area contributed by atoms with E-state index >= 15 is 0 Å². The van der Waals surface area contributed by atoms with Gasteiger partial charge in [0.25, 0.3) is 5.91 Å². The van der Waals surface area contributed by atoms with Gasteiger partial charge < -0.3 is 4.90 Å². The molecule has 100 valence electrons. The van der Waals surface area contributed by atoms with Crippen LogP contribution in [0.4, 0.5) is 4.39 Å². The first-order chi connectivity index (χ1) is 8.47. The molecule has 0 radical (unpaired) electrons. The van der Waals surface area contributed by atoms with Crippen molar-refractivity contribution in [1.29, 1.82) is 0 Å². The molecule has 0 saturated heterocycles. The Balaban J connectivity index is 2.94. The maximum absolute atomic E-state index is 13.7. The van der Waals surface area contributed by atoms with E-state index in [0.717, 1.165) is 17.8 Å². The number of alkyl halides is 1. The molecule has 0 unspecified atom stereocenters. The molecule has 0 atom stereocenters. The van der Waals surface area contributed by atoms with Crippen LogP contribution in [0.15, 0.2) is 18.2 Å². The zero-order chi connectivity index (χ0) is 13.7. The van der Waals surface area contributed by atoms with Crippen molar-refractivity contribution in [2.75, 3.05) is 11.9 Å². The minimum atomic E-state index is -0.572. The van der Waals surface area contributed by atoms with E-state index in [1.54, 1.807) is 4.90 Å². The van der Waals surface area contributed by atoms with Gasteiger partial charge in [-0.05, 0) is 38.5 Å². The first kappa shape index (κ1) is 15.4. The van der Waals surface area contributed by atoms with E-state index in [1.165, 1.54) is 12.1 Å². The van der Waals surface area contributed by atoms with Crippen LogP contribution < -0.4 is 0 Å². The lowest BCUT2D eigenvalue weighted by Gasteiger charge is -2.26. The van der Waals surface area contributed by atoms with Gasteiger partial charge in [0, 0.05) is 22.9 Å². The fourth-order valence-electron chi connectivity index (χ4n) is 1.64. The third-order valence-electron chi connectivity index (χ3n) is 2.58. The molecule has 1 amide bonds. The molecule has 0 saturated carbocycles. The van der Waals surface area contributed by atoms with Crippen LogP contribution >= 0.6 is 27.5 Å². The summed E-state index contributed by atoms with van der Waals surface area (Å²) < 4.78 is 13.7. The molecule has 0 bridgehead atoms. The normalized spacial score (nSPS) is 10.8. The fraction of sp³-hybridized carbons (Fsp3) is 0.462. The summed E-state index contributed by atoms with van der Waals surface area (Å²) in [6, 6.07) is 4.16. The summed E-state index contributed by atoms with van der Waals surface area (Å²) >= 11 is 9.00. The number of nitrogens with zero attached hydrogens (tertiary/aromatic N) is 1. The third-order valence-corrected chi connectivity index (χ3v) is 3.37. The molecule has 0 aliphatic heterocycles. The molecule has 0 spiro atoms. The predicted molar refractivity (Wildman–Crippen MR) is 76.0 cm³/mol. The fourth-order valence-corrected chi connectivity index (χ4v) is 2.05. The van der Waals surface area contributed by atoms with Crippen LogP contribution in [0.2, 0.25) is 5.02 Å². The van der Waals surface area contributed by atoms with Gasteiger partial charge in [0.1, 0.15) is 5.82 Å². The van der Waals surface area contributed by atoms with Gasteiger partial charge in [-0.2, -0.15) is 0 Å². The smallest absolute Gasteiger partial charge is 0.257 e. The maximum Gasteiger partial charge on any atom is 0.257 e. The van der Waals surface area contributed by atoms with Gasteiger partial charge in [0.15, 0.2) is 0 Å². The number of hydrogen-bond donors (Lipinski definition) is 0. The number of benzene rings is 1. The predicted octanol–water partition coefficient (Wildman–Crippen LogP) is 4.11. The molecule has 0 N–H and O–H groups in total. The number of amides is 1. The molecule has 1 rings (SSSR count). The second-order valence-corrected chi connectivity index (χ2v) is 5.49. The van der Waals surface area contributed by atoms with Gasteiger partial charge in [-0.25, -0.2) is 4.39 Å². The van der Waals surface area contributed by atoms with E-state index in [-0.39, 0.29) is 17.5 Å². The van der Waals surface area contributed by atoms with Crippen LogP contribution in [-0.2, 0) is 0 Å². The van der Waals surface area contributed by atoms with Crippen molar-refractivity contribution in [3.63, 3.8) is 0 Å². The molecule has 0 aliphatic carbocycles. The highest BCUT2D eigenvalue weighted by molar-refractivity contribution is 9.09. The van der Waals surface area contributed by atoms with E-state index in [9.17, 15) is 9.18 Å². The highest BCUT2D eigenvalue weighted by Crippen LogP contribution is 2.17. The van der Waals surface area contributed by atoms with Gasteiger partial charge in [0.2, 0.25) is 0 Å². The van der Waals surface area contributed by atoms with Crippen LogP contribution in [0.5, 0.6) is 0 Å². The summed E-state index contributed by atoms with van der Waals surface area (Å²) in [5.74, 6) is -0.864. The lowest BCUT2D eigenvalue weighted by Crippen LogP contribution is -2.38. The number of carbonyl (C=O) groups is 1. The minimum Gasteiger partial charge on any atom is -0.336 e. The van der Waals surface area contributed by atoms with Crippen molar-refractivity contribution in [2.45, 2.75) is 26.3 Å². The number of halogens is 3. The highest BCUT2D eigenvalue weighted by Gasteiger charge is 2.21. The molecular formula is C13H16BrClFNO. The monoisotopic (exact) mass is 335 g/mol. The van der Waals surface area contributed by atoms with Crippen LogP contribution in [0.1, 0.15) is 30.6 Å². The number of hydrogen-bond acceptors (Lipinski definition) is 1. The number of carbonyl (C=O) groups excluding carboxylic acids is 1. The summed E-state index contributed by atoms with van der Waals surface area (Å²) in [7, 11) is 0. The maximum atomic E-state index is 13.7. The Kier molecular flexibility index (Phi) is 6.09. The van der Waals surface area contributed by atoms with Gasteiger partial charge in [-0.3, -0.25) is 4.79 Å². The highest BCUT2D eigenvalue weighted by atomic mass is 79.9. The minimum absolute atomic E-state index is 0.0339. The second-order valence-electron chi connectivity index (χ2n) is 4.26. The van der Waals surface area contributed by atoms with Gasteiger partial charge in [-0.15, -0.1) is 0 Å². The van der Waals surface area contributed by atoms with Crippen molar-refractivity contribution < 1.29 is 9.18 Å². The summed E-state index contributed by atoms with van der Waals surface area (Å²) in [6.45, 7) is 4.43. The Bertz CT molecular complexity index is 425. The van der Waals surface area contributed by atoms with Crippen LogP contribution in [-0.4, -0.2) is 28.7 Å². The van der Waals surface area contributed by atoms with Crippen molar-refractivity contribution in [3.8, 4) is 0 Å². The lowest BCUT2D eigenvalue weighted by molar-refractivity contribution is 0.0702. The van der Waals surface area contributed by atoms with E-state index < -0.39 is 5.82 Å². The molecule has 2 nitrogen and oxygen atoms in total. The summed E-state index contributed by atoms with van der Waals surface area (Å²) in [4.78, 5) is 13.9. The molecule has 1 aromatic rings. The third kappa shape index (κ3) is 3.95. The van der Waals surface area contributed by atoms with E-state index in [2.05, 4.69) is 15.9 Å². The topological polar surface area (TPSA) is 20.3 Å². The van der Waals surface area contributed by atoms with E-state index in [0.29, 0.717) is 11.6 Å². The molecule has 0 heterocycles. The Hall–Kier alpha value is -0.610. The van der Waals surface area contributed by atoms with Crippen LogP contribution in [0.25, 0.3) is 0 Å². The van der Waals surface area contributed by atoms with Crippen LogP contribution in [0, 0.1) is 5.82 Å². The molecule has 1 aromatic carbocycles. The first-order valence-electron chi connectivity index (χ1n) is 5.79. The molecule has 0 aromatic heterocycles. The van der Waals surface area contributed by atoms with Crippen molar-refractivity contribution in [3.05, 3.63) is 34.6 Å².